The highest BCUT2D eigenvalue weighted by atomic mass is 19.2. The Balaban J connectivity index is 1.37. The molecule has 0 bridgehead atoms. The summed E-state index contributed by atoms with van der Waals surface area (Å²) in [5.74, 6) is -2.98. The normalized spacial score (nSPS) is 18.0. The van der Waals surface area contributed by atoms with E-state index < -0.39 is 44.8 Å². The summed E-state index contributed by atoms with van der Waals surface area (Å²) in [6.07, 6.45) is 1.13. The minimum Gasteiger partial charge on any atom is -0.339 e. The molecule has 13 heteroatoms. The number of aryl methyl sites for hydroxylation is 1. The van der Waals surface area contributed by atoms with E-state index in [0.717, 1.165) is 24.3 Å². The van der Waals surface area contributed by atoms with Crippen LogP contribution in [0.25, 0.3) is 0 Å². The lowest BCUT2D eigenvalue weighted by atomic mass is 9.91. The van der Waals surface area contributed by atoms with E-state index >= 15 is 0 Å². The van der Waals surface area contributed by atoms with Crippen LogP contribution in [0.3, 0.4) is 0 Å². The third kappa shape index (κ3) is 5.00. The molecule has 2 amide bonds. The number of nitro groups is 2. The highest BCUT2D eigenvalue weighted by Crippen LogP contribution is 2.37. The van der Waals surface area contributed by atoms with E-state index in [1.54, 1.807) is 4.90 Å². The minimum absolute atomic E-state index is 0.00583. The van der Waals surface area contributed by atoms with E-state index in [-0.39, 0.29) is 50.0 Å². The predicted octanol–water partition coefficient (Wildman–Crippen LogP) is 2.51. The molecule has 2 atom stereocenters. The number of carbonyl (C=O) groups excluding carboxylic acids is 2. The topological polar surface area (TPSA) is 153 Å². The predicted molar refractivity (Wildman–Crippen MR) is 122 cm³/mol. The van der Waals surface area contributed by atoms with Crippen LogP contribution < -0.4 is 5.73 Å². The Hall–Kier alpha value is -4.00. The first-order chi connectivity index (χ1) is 17.0. The molecule has 4 rings (SSSR count). The van der Waals surface area contributed by atoms with Crippen molar-refractivity contribution < 1.29 is 28.2 Å². The largest absolute Gasteiger partial charge is 0.339 e. The van der Waals surface area contributed by atoms with Gasteiger partial charge in [-0.25, -0.2) is 8.78 Å². The molecule has 2 aromatic rings. The van der Waals surface area contributed by atoms with Gasteiger partial charge in [-0.1, -0.05) is 0 Å². The number of benzene rings is 2. The molecule has 0 saturated carbocycles. The van der Waals surface area contributed by atoms with Gasteiger partial charge in [0.05, 0.1) is 21.5 Å². The molecule has 11 nitrogen and oxygen atoms in total. The van der Waals surface area contributed by atoms with Gasteiger partial charge in [-0.2, -0.15) is 0 Å². The first-order valence-corrected chi connectivity index (χ1v) is 11.3. The molecule has 36 heavy (non-hydrogen) atoms. The van der Waals surface area contributed by atoms with Crippen LogP contribution in [0.15, 0.2) is 30.3 Å². The van der Waals surface area contributed by atoms with E-state index in [1.807, 2.05) is 0 Å². The van der Waals surface area contributed by atoms with Gasteiger partial charge in [-0.05, 0) is 36.1 Å². The highest BCUT2D eigenvalue weighted by Gasteiger charge is 2.33. The first-order valence-electron chi connectivity index (χ1n) is 11.3. The van der Waals surface area contributed by atoms with Crippen molar-refractivity contribution in [3.8, 4) is 0 Å². The minimum atomic E-state index is -0.950. The molecular formula is C23H23F2N5O6. The molecule has 1 saturated heterocycles. The Morgan fingerprint density at radius 3 is 2.08 bits per heavy atom. The van der Waals surface area contributed by atoms with Gasteiger partial charge in [0.2, 0.25) is 5.91 Å². The number of rotatable bonds is 6. The van der Waals surface area contributed by atoms with Gasteiger partial charge in [0.15, 0.2) is 11.6 Å². The number of non-ortho nitro benzene ring substituents is 2. The molecule has 1 fully saturated rings. The van der Waals surface area contributed by atoms with Crippen LogP contribution in [-0.2, 0) is 11.2 Å². The van der Waals surface area contributed by atoms with Crippen molar-refractivity contribution in [2.24, 2.45) is 5.73 Å². The summed E-state index contributed by atoms with van der Waals surface area (Å²) < 4.78 is 27.2. The summed E-state index contributed by atoms with van der Waals surface area (Å²) in [5.41, 5.74) is 6.28. The average molecular weight is 503 g/mol. The van der Waals surface area contributed by atoms with Gasteiger partial charge in [-0.3, -0.25) is 29.8 Å². The Bertz CT molecular complexity index is 1220. The van der Waals surface area contributed by atoms with Crippen LogP contribution >= 0.6 is 0 Å². The molecule has 2 N–H and O–H groups in total. The smallest absolute Gasteiger partial charge is 0.277 e. The lowest BCUT2D eigenvalue weighted by Gasteiger charge is -2.35. The maximum atomic E-state index is 13.7. The monoisotopic (exact) mass is 503 g/mol. The lowest BCUT2D eigenvalue weighted by molar-refractivity contribution is -0.394. The number of carbonyl (C=O) groups is 2. The Labute approximate surface area is 203 Å². The standard InChI is InChI=1S/C23H23F2N5O6/c24-19-9-13-1-2-17(18(13)11-20(19)25)21(26)12-22(31)27-3-5-28(6-4-27)23(32)14-7-15(29(33)34)10-16(8-14)30(35)36/h7-11,17,21H,1-6,12,26H2/t17-,21-/m0/s1. The molecule has 0 unspecified atom stereocenters. The van der Waals surface area contributed by atoms with E-state index in [4.69, 9.17) is 5.73 Å². The molecule has 1 aliphatic carbocycles. The molecule has 1 heterocycles. The molecule has 0 aromatic heterocycles. The second kappa shape index (κ2) is 9.93. The molecule has 2 aromatic carbocycles. The number of piperazine rings is 1. The number of hydrogen-bond donors (Lipinski definition) is 1. The van der Waals surface area contributed by atoms with Crippen LogP contribution in [0.2, 0.25) is 0 Å². The van der Waals surface area contributed by atoms with Gasteiger partial charge in [0, 0.05) is 56.7 Å². The maximum absolute atomic E-state index is 13.7. The zero-order valence-corrected chi connectivity index (χ0v) is 19.1. The number of amides is 2. The molecule has 0 radical (unpaired) electrons. The second-order valence-electron chi connectivity index (χ2n) is 8.90. The fourth-order valence-electron chi connectivity index (χ4n) is 4.82. The van der Waals surface area contributed by atoms with Crippen molar-refractivity contribution in [3.05, 3.63) is 78.9 Å². The van der Waals surface area contributed by atoms with Gasteiger partial charge in [0.25, 0.3) is 17.3 Å². The Kier molecular flexibility index (Phi) is 6.93. The van der Waals surface area contributed by atoms with Crippen LogP contribution in [0.5, 0.6) is 0 Å². The number of nitrogens with zero attached hydrogens (tertiary/aromatic N) is 4. The van der Waals surface area contributed by atoms with E-state index in [9.17, 15) is 38.6 Å². The summed E-state index contributed by atoms with van der Waals surface area (Å²) in [7, 11) is 0. The number of fused-ring (bicyclic) bond motifs is 1. The molecule has 190 valence electrons. The van der Waals surface area contributed by atoms with Crippen molar-refractivity contribution in [2.45, 2.75) is 31.2 Å². The Morgan fingerprint density at radius 1 is 0.944 bits per heavy atom. The summed E-state index contributed by atoms with van der Waals surface area (Å²) in [5, 5.41) is 22.2. The van der Waals surface area contributed by atoms with Gasteiger partial charge in [0.1, 0.15) is 0 Å². The summed E-state index contributed by atoms with van der Waals surface area (Å²) in [6.45, 7) is 0.644. The van der Waals surface area contributed by atoms with E-state index in [2.05, 4.69) is 0 Å². The van der Waals surface area contributed by atoms with Crippen molar-refractivity contribution in [3.63, 3.8) is 0 Å². The summed E-state index contributed by atoms with van der Waals surface area (Å²) in [4.78, 5) is 49.2. The number of halogens is 2. The third-order valence-electron chi connectivity index (χ3n) is 6.72. The molecular weight excluding hydrogens is 480 g/mol. The van der Waals surface area contributed by atoms with E-state index in [0.29, 0.717) is 24.0 Å². The molecule has 0 spiro atoms. The third-order valence-corrected chi connectivity index (χ3v) is 6.72. The van der Waals surface area contributed by atoms with Crippen LogP contribution in [-0.4, -0.2) is 63.7 Å². The number of nitrogens with two attached hydrogens (primary N) is 1. The molecule has 2 aliphatic rings. The van der Waals surface area contributed by atoms with Crippen LogP contribution in [0, 0.1) is 31.9 Å². The van der Waals surface area contributed by atoms with Crippen molar-refractivity contribution >= 4 is 23.2 Å². The first kappa shape index (κ1) is 25.1. The zero-order valence-electron chi connectivity index (χ0n) is 19.1. The van der Waals surface area contributed by atoms with Crippen molar-refractivity contribution in [1.29, 1.82) is 0 Å². The van der Waals surface area contributed by atoms with E-state index in [1.165, 1.54) is 11.0 Å². The van der Waals surface area contributed by atoms with Gasteiger partial charge < -0.3 is 15.5 Å². The summed E-state index contributed by atoms with van der Waals surface area (Å²) in [6, 6.07) is 4.49. The number of hydrogen-bond acceptors (Lipinski definition) is 7. The van der Waals surface area contributed by atoms with Crippen LogP contribution in [0.1, 0.15) is 40.2 Å². The fourth-order valence-corrected chi connectivity index (χ4v) is 4.82. The number of nitro benzene ring substituents is 2. The van der Waals surface area contributed by atoms with Gasteiger partial charge in [-0.15, -0.1) is 0 Å². The second-order valence-corrected chi connectivity index (χ2v) is 8.90. The van der Waals surface area contributed by atoms with Crippen molar-refractivity contribution in [2.75, 3.05) is 26.2 Å². The zero-order chi connectivity index (χ0) is 26.1. The van der Waals surface area contributed by atoms with Crippen molar-refractivity contribution in [1.82, 2.24) is 9.80 Å². The lowest BCUT2D eigenvalue weighted by Crippen LogP contribution is -2.51. The molecule has 1 aliphatic heterocycles. The maximum Gasteiger partial charge on any atom is 0.277 e. The highest BCUT2D eigenvalue weighted by molar-refractivity contribution is 5.95. The van der Waals surface area contributed by atoms with Gasteiger partial charge >= 0.3 is 0 Å². The fraction of sp³-hybridized carbons (Fsp3) is 0.391. The average Bonchev–Trinajstić information content (AvgIpc) is 3.26. The quantitative estimate of drug-likeness (QED) is 0.469. The summed E-state index contributed by atoms with van der Waals surface area (Å²) >= 11 is 0. The Morgan fingerprint density at radius 2 is 1.50 bits per heavy atom. The van der Waals surface area contributed by atoms with Crippen LogP contribution in [0.4, 0.5) is 20.2 Å². The SMILES string of the molecule is N[C@@H](CC(=O)N1CCN(C(=O)c2cc([N+](=O)[O-])cc([N+](=O)[O-])c2)CC1)[C@H]1CCc2cc(F)c(F)cc21.